The molecule has 0 unspecified atom stereocenters. The third kappa shape index (κ3) is 3.99. The fourth-order valence-electron chi connectivity index (χ4n) is 2.40. The molecule has 15 heavy (non-hydrogen) atoms. The molecule has 1 rings (SSSR count). The lowest BCUT2D eigenvalue weighted by Crippen LogP contribution is -2.46. The minimum absolute atomic E-state index is 0.597. The van der Waals surface area contributed by atoms with Crippen LogP contribution in [0.3, 0.4) is 0 Å². The van der Waals surface area contributed by atoms with Gasteiger partial charge in [-0.3, -0.25) is 0 Å². The van der Waals surface area contributed by atoms with E-state index >= 15 is 0 Å². The quantitative estimate of drug-likeness (QED) is 0.679. The second-order valence-electron chi connectivity index (χ2n) is 4.90. The van der Waals surface area contributed by atoms with Gasteiger partial charge in [0.2, 0.25) is 0 Å². The largest absolute Gasteiger partial charge is 0.313 e. The van der Waals surface area contributed by atoms with Crippen molar-refractivity contribution >= 4 is 11.8 Å². The highest BCUT2D eigenvalue weighted by atomic mass is 32.2. The number of thioether (sulfide) groups is 1. The van der Waals surface area contributed by atoms with Crippen molar-refractivity contribution in [3.63, 3.8) is 0 Å². The molecule has 0 radical (unpaired) electrons. The fraction of sp³-hybridized carbons (Fsp3) is 1.00. The summed E-state index contributed by atoms with van der Waals surface area (Å²) in [7, 11) is 0. The van der Waals surface area contributed by atoms with Gasteiger partial charge in [-0.05, 0) is 31.9 Å². The SMILES string of the molecule is CCCC(CCC)NCC1(SC)CCC1. The molecule has 2 heteroatoms. The van der Waals surface area contributed by atoms with E-state index < -0.39 is 0 Å². The average molecular weight is 229 g/mol. The van der Waals surface area contributed by atoms with E-state index in [-0.39, 0.29) is 0 Å². The van der Waals surface area contributed by atoms with E-state index in [9.17, 15) is 0 Å². The van der Waals surface area contributed by atoms with Crippen LogP contribution in [-0.4, -0.2) is 23.6 Å². The van der Waals surface area contributed by atoms with Crippen LogP contribution in [0.15, 0.2) is 0 Å². The minimum Gasteiger partial charge on any atom is -0.313 e. The predicted molar refractivity (Wildman–Crippen MR) is 71.7 cm³/mol. The van der Waals surface area contributed by atoms with Crippen LogP contribution in [0.4, 0.5) is 0 Å². The first-order valence-corrected chi connectivity index (χ1v) is 7.77. The van der Waals surface area contributed by atoms with E-state index in [4.69, 9.17) is 0 Å². The first-order valence-electron chi connectivity index (χ1n) is 6.55. The Morgan fingerprint density at radius 2 is 1.80 bits per heavy atom. The topological polar surface area (TPSA) is 12.0 Å². The summed E-state index contributed by atoms with van der Waals surface area (Å²) >= 11 is 2.07. The maximum absolute atomic E-state index is 3.79. The zero-order valence-corrected chi connectivity index (χ0v) is 11.5. The van der Waals surface area contributed by atoms with Gasteiger partial charge in [-0.1, -0.05) is 33.1 Å². The molecule has 1 aliphatic carbocycles. The standard InChI is InChI=1S/C13H27NS/c1-4-7-12(8-5-2)14-11-13(15-3)9-6-10-13/h12,14H,4-11H2,1-3H3. The molecule has 1 fully saturated rings. The van der Waals surface area contributed by atoms with Crippen LogP contribution in [-0.2, 0) is 0 Å². The Labute approximate surface area is 99.8 Å². The summed E-state index contributed by atoms with van der Waals surface area (Å²) in [6.07, 6.45) is 11.9. The van der Waals surface area contributed by atoms with Crippen molar-refractivity contribution < 1.29 is 0 Å². The van der Waals surface area contributed by atoms with E-state index in [1.807, 2.05) is 0 Å². The summed E-state index contributed by atoms with van der Waals surface area (Å²) in [4.78, 5) is 0. The monoisotopic (exact) mass is 229 g/mol. The molecule has 0 atom stereocenters. The van der Waals surface area contributed by atoms with Crippen molar-refractivity contribution in [2.24, 2.45) is 0 Å². The Kier molecular flexibility index (Phi) is 6.06. The molecule has 1 aliphatic rings. The van der Waals surface area contributed by atoms with Crippen LogP contribution in [0, 0.1) is 0 Å². The fourth-order valence-corrected chi connectivity index (χ4v) is 3.32. The van der Waals surface area contributed by atoms with Crippen LogP contribution in [0.25, 0.3) is 0 Å². The van der Waals surface area contributed by atoms with E-state index in [0.29, 0.717) is 4.75 Å². The molecule has 0 spiro atoms. The maximum atomic E-state index is 3.79. The average Bonchev–Trinajstić information content (AvgIpc) is 2.17. The van der Waals surface area contributed by atoms with Crippen molar-refractivity contribution in [2.75, 3.05) is 12.8 Å². The van der Waals surface area contributed by atoms with E-state index in [1.165, 1.54) is 51.5 Å². The van der Waals surface area contributed by atoms with Gasteiger partial charge in [0, 0.05) is 17.3 Å². The predicted octanol–water partition coefficient (Wildman–Crippen LogP) is 3.83. The summed E-state index contributed by atoms with van der Waals surface area (Å²) in [6, 6.07) is 0.768. The maximum Gasteiger partial charge on any atom is 0.0281 e. The van der Waals surface area contributed by atoms with Crippen LogP contribution in [0.5, 0.6) is 0 Å². The summed E-state index contributed by atoms with van der Waals surface area (Å²) in [5.41, 5.74) is 0. The van der Waals surface area contributed by atoms with Crippen LogP contribution in [0.2, 0.25) is 0 Å². The molecule has 1 saturated carbocycles. The number of hydrogen-bond acceptors (Lipinski definition) is 2. The number of nitrogens with one attached hydrogen (secondary N) is 1. The molecular weight excluding hydrogens is 202 g/mol. The Balaban J connectivity index is 2.25. The molecule has 0 saturated heterocycles. The zero-order valence-electron chi connectivity index (χ0n) is 10.6. The van der Waals surface area contributed by atoms with Gasteiger partial charge in [0.1, 0.15) is 0 Å². The molecule has 0 bridgehead atoms. The van der Waals surface area contributed by atoms with E-state index in [1.54, 1.807) is 0 Å². The van der Waals surface area contributed by atoms with E-state index in [2.05, 4.69) is 37.2 Å². The number of hydrogen-bond donors (Lipinski definition) is 1. The molecule has 90 valence electrons. The van der Waals surface area contributed by atoms with E-state index in [0.717, 1.165) is 6.04 Å². The molecule has 0 aliphatic heterocycles. The summed E-state index contributed by atoms with van der Waals surface area (Å²) in [5, 5.41) is 3.79. The van der Waals surface area contributed by atoms with Gasteiger partial charge in [0.05, 0.1) is 0 Å². The van der Waals surface area contributed by atoms with Gasteiger partial charge in [-0.25, -0.2) is 0 Å². The molecule has 1 N–H and O–H groups in total. The third-order valence-electron chi connectivity index (χ3n) is 3.68. The summed E-state index contributed by atoms with van der Waals surface area (Å²) < 4.78 is 0.597. The van der Waals surface area contributed by atoms with Gasteiger partial charge in [-0.15, -0.1) is 0 Å². The van der Waals surface area contributed by atoms with Gasteiger partial charge in [-0.2, -0.15) is 11.8 Å². The lowest BCUT2D eigenvalue weighted by molar-refractivity contribution is 0.318. The van der Waals surface area contributed by atoms with Crippen molar-refractivity contribution in [1.29, 1.82) is 0 Å². The lowest BCUT2D eigenvalue weighted by atomic mass is 9.84. The van der Waals surface area contributed by atoms with Crippen molar-refractivity contribution in [3.05, 3.63) is 0 Å². The molecule has 0 aromatic heterocycles. The summed E-state index contributed by atoms with van der Waals surface area (Å²) in [5.74, 6) is 0. The first kappa shape index (κ1) is 13.4. The number of rotatable bonds is 8. The van der Waals surface area contributed by atoms with Gasteiger partial charge in [0.25, 0.3) is 0 Å². The van der Waals surface area contributed by atoms with Gasteiger partial charge in [0.15, 0.2) is 0 Å². The molecule has 0 aromatic carbocycles. The third-order valence-corrected chi connectivity index (χ3v) is 5.10. The molecule has 0 aromatic rings. The summed E-state index contributed by atoms with van der Waals surface area (Å²) in [6.45, 7) is 5.81. The smallest absolute Gasteiger partial charge is 0.0281 e. The van der Waals surface area contributed by atoms with Gasteiger partial charge < -0.3 is 5.32 Å². The Bertz CT molecular complexity index is 154. The molecular formula is C13H27NS. The normalized spacial score (nSPS) is 19.2. The van der Waals surface area contributed by atoms with Crippen LogP contribution >= 0.6 is 11.8 Å². The Morgan fingerprint density at radius 1 is 1.20 bits per heavy atom. The van der Waals surface area contributed by atoms with Gasteiger partial charge >= 0.3 is 0 Å². The molecule has 1 nitrogen and oxygen atoms in total. The highest BCUT2D eigenvalue weighted by molar-refractivity contribution is 8.00. The second kappa shape index (κ2) is 6.80. The highest BCUT2D eigenvalue weighted by Crippen LogP contribution is 2.42. The van der Waals surface area contributed by atoms with Crippen molar-refractivity contribution in [2.45, 2.75) is 69.6 Å². The Hall–Kier alpha value is 0.310. The minimum atomic E-state index is 0.597. The Morgan fingerprint density at radius 3 is 2.13 bits per heavy atom. The molecule has 0 amide bonds. The van der Waals surface area contributed by atoms with Crippen LogP contribution in [0.1, 0.15) is 58.8 Å². The van der Waals surface area contributed by atoms with Crippen molar-refractivity contribution in [1.82, 2.24) is 5.32 Å². The van der Waals surface area contributed by atoms with Crippen LogP contribution < -0.4 is 5.32 Å². The van der Waals surface area contributed by atoms with Crippen molar-refractivity contribution in [3.8, 4) is 0 Å². The highest BCUT2D eigenvalue weighted by Gasteiger charge is 2.35. The zero-order chi connectivity index (χ0) is 11.1. The first-order chi connectivity index (χ1) is 7.26. The lowest BCUT2D eigenvalue weighted by Gasteiger charge is -2.41. The molecule has 0 heterocycles. The second-order valence-corrected chi connectivity index (χ2v) is 6.17.